The summed E-state index contributed by atoms with van der Waals surface area (Å²) in [6.45, 7) is -0.0694. The van der Waals surface area contributed by atoms with Gasteiger partial charge in [-0.25, -0.2) is 4.39 Å². The molecule has 0 aliphatic carbocycles. The Morgan fingerprint density at radius 3 is 2.32 bits per heavy atom. The molecule has 2 amide bonds. The number of para-hydroxylation sites is 1. The highest BCUT2D eigenvalue weighted by Crippen LogP contribution is 2.15. The van der Waals surface area contributed by atoms with Crippen molar-refractivity contribution in [1.82, 2.24) is 10.6 Å². The van der Waals surface area contributed by atoms with Gasteiger partial charge in [-0.2, -0.15) is 0 Å². The zero-order chi connectivity index (χ0) is 18.2. The van der Waals surface area contributed by atoms with Gasteiger partial charge in [0.1, 0.15) is 5.82 Å². The van der Waals surface area contributed by atoms with Crippen molar-refractivity contribution < 1.29 is 19.1 Å². The molecule has 0 saturated carbocycles. The predicted molar refractivity (Wildman–Crippen MR) is 95.9 cm³/mol. The van der Waals surface area contributed by atoms with E-state index in [0.29, 0.717) is 11.3 Å². The number of rotatable bonds is 5. The highest BCUT2D eigenvalue weighted by Gasteiger charge is 2.15. The molecule has 2 rings (SSSR count). The maximum Gasteiger partial charge on any atom is 0.260 e. The van der Waals surface area contributed by atoms with Crippen LogP contribution < -0.4 is 16.0 Å². The van der Waals surface area contributed by atoms with Gasteiger partial charge >= 0.3 is 0 Å². The predicted octanol–water partition coefficient (Wildman–Crippen LogP) is 1.67. The van der Waals surface area contributed by atoms with Crippen LogP contribution in [-0.2, 0) is 0 Å². The molecule has 0 heterocycles. The van der Waals surface area contributed by atoms with E-state index >= 15 is 0 Å². The normalized spacial score (nSPS) is 10.0. The minimum absolute atomic E-state index is 0.0735. The number of carbonyl (C=O) groups excluding carboxylic acids is 2. The van der Waals surface area contributed by atoms with Crippen molar-refractivity contribution in [3.63, 3.8) is 0 Å². The molecule has 4 N–H and O–H groups in total. The number of aliphatic hydroxyl groups is 1. The number of nitrogens with one attached hydrogen (secondary N) is 3. The van der Waals surface area contributed by atoms with E-state index in [9.17, 15) is 14.0 Å². The highest BCUT2D eigenvalue weighted by atomic mass is 32.1. The van der Waals surface area contributed by atoms with E-state index < -0.39 is 17.6 Å². The summed E-state index contributed by atoms with van der Waals surface area (Å²) in [7, 11) is 0. The molecule has 2 aromatic rings. The number of aliphatic hydroxyl groups excluding tert-OH is 1. The number of halogens is 1. The van der Waals surface area contributed by atoms with E-state index in [1.165, 1.54) is 24.3 Å². The quantitative estimate of drug-likeness (QED) is 0.609. The van der Waals surface area contributed by atoms with Crippen LogP contribution in [0.4, 0.5) is 10.1 Å². The van der Waals surface area contributed by atoms with Crippen LogP contribution in [0.2, 0.25) is 0 Å². The molecule has 0 aliphatic rings. The highest BCUT2D eigenvalue weighted by molar-refractivity contribution is 7.80. The molecule has 25 heavy (non-hydrogen) atoms. The maximum absolute atomic E-state index is 13.6. The van der Waals surface area contributed by atoms with E-state index in [1.54, 1.807) is 24.3 Å². The fraction of sp³-hybridized carbons (Fsp3) is 0.118. The van der Waals surface area contributed by atoms with Crippen LogP contribution in [-0.4, -0.2) is 35.2 Å². The lowest BCUT2D eigenvalue weighted by molar-refractivity contribution is 0.0944. The Balaban J connectivity index is 2.07. The number of amides is 2. The van der Waals surface area contributed by atoms with E-state index in [0.717, 1.165) is 0 Å². The van der Waals surface area contributed by atoms with Gasteiger partial charge in [0.05, 0.1) is 23.4 Å². The van der Waals surface area contributed by atoms with Crippen LogP contribution in [0.1, 0.15) is 20.7 Å². The van der Waals surface area contributed by atoms with Crippen molar-refractivity contribution in [2.45, 2.75) is 0 Å². The summed E-state index contributed by atoms with van der Waals surface area (Å²) in [4.78, 5) is 24.1. The first-order valence-corrected chi connectivity index (χ1v) is 7.78. The summed E-state index contributed by atoms with van der Waals surface area (Å²) in [6, 6.07) is 12.0. The van der Waals surface area contributed by atoms with Crippen molar-refractivity contribution >= 4 is 34.8 Å². The number of anilines is 1. The van der Waals surface area contributed by atoms with E-state index in [4.69, 9.17) is 17.3 Å². The molecular formula is C17H16FN3O3S. The molecule has 0 aromatic heterocycles. The minimum Gasteiger partial charge on any atom is -0.395 e. The maximum atomic E-state index is 13.6. The molecule has 2 aromatic carbocycles. The SMILES string of the molecule is O=C(NC(=S)Nc1ccccc1C(=O)NCCO)c1ccccc1F. The molecule has 0 aliphatic heterocycles. The third-order valence-electron chi connectivity index (χ3n) is 3.16. The van der Waals surface area contributed by atoms with Crippen molar-refractivity contribution in [2.24, 2.45) is 0 Å². The molecule has 0 radical (unpaired) electrons. The number of benzene rings is 2. The average molecular weight is 361 g/mol. The second-order valence-electron chi connectivity index (χ2n) is 4.91. The first-order chi connectivity index (χ1) is 12.0. The summed E-state index contributed by atoms with van der Waals surface area (Å²) < 4.78 is 13.6. The summed E-state index contributed by atoms with van der Waals surface area (Å²) in [5.41, 5.74) is 0.524. The lowest BCUT2D eigenvalue weighted by atomic mass is 10.1. The van der Waals surface area contributed by atoms with Crippen molar-refractivity contribution in [3.8, 4) is 0 Å². The fourth-order valence-corrected chi connectivity index (χ4v) is 2.23. The van der Waals surface area contributed by atoms with Crippen molar-refractivity contribution in [1.29, 1.82) is 0 Å². The Morgan fingerprint density at radius 1 is 1.00 bits per heavy atom. The molecular weight excluding hydrogens is 345 g/mol. The molecule has 0 fully saturated rings. The Labute approximate surface area is 149 Å². The van der Waals surface area contributed by atoms with Gasteiger partial charge in [0.2, 0.25) is 0 Å². The molecule has 0 unspecified atom stereocenters. The van der Waals surface area contributed by atoms with Gasteiger partial charge in [0.15, 0.2) is 5.11 Å². The van der Waals surface area contributed by atoms with Crippen LogP contribution in [0.15, 0.2) is 48.5 Å². The molecule has 130 valence electrons. The molecule has 8 heteroatoms. The Bertz CT molecular complexity index is 798. The van der Waals surface area contributed by atoms with Gasteiger partial charge in [-0.05, 0) is 36.5 Å². The third kappa shape index (κ3) is 5.07. The van der Waals surface area contributed by atoms with Crippen LogP contribution >= 0.6 is 12.2 Å². The Hall–Kier alpha value is -2.84. The van der Waals surface area contributed by atoms with Gasteiger partial charge in [-0.3, -0.25) is 14.9 Å². The van der Waals surface area contributed by atoms with Crippen LogP contribution in [0.5, 0.6) is 0 Å². The average Bonchev–Trinajstić information content (AvgIpc) is 2.60. The molecule has 0 atom stereocenters. The van der Waals surface area contributed by atoms with Crippen LogP contribution in [0.3, 0.4) is 0 Å². The Kier molecular flexibility index (Phi) is 6.55. The number of hydrogen-bond donors (Lipinski definition) is 4. The third-order valence-corrected chi connectivity index (χ3v) is 3.37. The van der Waals surface area contributed by atoms with Gasteiger partial charge in [-0.15, -0.1) is 0 Å². The van der Waals surface area contributed by atoms with Crippen LogP contribution in [0.25, 0.3) is 0 Å². The summed E-state index contributed by atoms with van der Waals surface area (Å²) in [5.74, 6) is -1.76. The van der Waals surface area contributed by atoms with E-state index in [1.807, 2.05) is 0 Å². The second-order valence-corrected chi connectivity index (χ2v) is 5.32. The largest absolute Gasteiger partial charge is 0.395 e. The molecule has 0 spiro atoms. The standard InChI is InChI=1S/C17H16FN3O3S/c18-13-7-3-1-5-11(13)16(24)21-17(25)20-14-8-4-2-6-12(14)15(23)19-9-10-22/h1-8,22H,9-10H2,(H,19,23)(H2,20,21,24,25). The van der Waals surface area contributed by atoms with Crippen molar-refractivity contribution in [2.75, 3.05) is 18.5 Å². The van der Waals surface area contributed by atoms with Crippen molar-refractivity contribution in [3.05, 3.63) is 65.5 Å². The lowest BCUT2D eigenvalue weighted by Gasteiger charge is -2.13. The first kappa shape index (κ1) is 18.5. The minimum atomic E-state index is -0.696. The molecule has 0 saturated heterocycles. The molecule has 6 nitrogen and oxygen atoms in total. The summed E-state index contributed by atoms with van der Waals surface area (Å²) in [6.07, 6.45) is 0. The summed E-state index contributed by atoms with van der Waals surface area (Å²) >= 11 is 5.05. The van der Waals surface area contributed by atoms with E-state index in [2.05, 4.69) is 16.0 Å². The van der Waals surface area contributed by atoms with E-state index in [-0.39, 0.29) is 23.8 Å². The zero-order valence-corrected chi connectivity index (χ0v) is 13.9. The number of carbonyl (C=O) groups is 2. The fourth-order valence-electron chi connectivity index (χ4n) is 2.02. The Morgan fingerprint density at radius 2 is 1.64 bits per heavy atom. The summed E-state index contributed by atoms with van der Waals surface area (Å²) in [5, 5.41) is 16.3. The molecule has 0 bridgehead atoms. The van der Waals surface area contributed by atoms with Gasteiger partial charge in [0.25, 0.3) is 11.8 Å². The monoisotopic (exact) mass is 361 g/mol. The lowest BCUT2D eigenvalue weighted by Crippen LogP contribution is -2.35. The smallest absolute Gasteiger partial charge is 0.260 e. The van der Waals surface area contributed by atoms with Gasteiger partial charge < -0.3 is 15.7 Å². The zero-order valence-electron chi connectivity index (χ0n) is 13.1. The van der Waals surface area contributed by atoms with Gasteiger partial charge in [-0.1, -0.05) is 24.3 Å². The van der Waals surface area contributed by atoms with Gasteiger partial charge in [0, 0.05) is 6.54 Å². The first-order valence-electron chi connectivity index (χ1n) is 7.38. The number of hydrogen-bond acceptors (Lipinski definition) is 4. The topological polar surface area (TPSA) is 90.5 Å². The second kappa shape index (κ2) is 8.86. The van der Waals surface area contributed by atoms with Crippen LogP contribution in [0, 0.1) is 5.82 Å². The number of thiocarbonyl (C=S) groups is 1.